The zero-order valence-corrected chi connectivity index (χ0v) is 13.3. The number of aromatic nitrogens is 3. The molecular formula is C14H10Cl2FN3S. The number of thiophene rings is 1. The number of pyridine rings is 1. The van der Waals surface area contributed by atoms with Crippen LogP contribution in [0.4, 0.5) is 4.39 Å². The molecule has 21 heavy (non-hydrogen) atoms. The molecule has 3 rings (SSSR count). The van der Waals surface area contributed by atoms with Crippen molar-refractivity contribution in [3.63, 3.8) is 0 Å². The molecule has 0 aliphatic rings. The highest BCUT2D eigenvalue weighted by molar-refractivity contribution is 7.19. The first-order valence-electron chi connectivity index (χ1n) is 6.12. The fourth-order valence-electron chi connectivity index (χ4n) is 2.02. The quantitative estimate of drug-likeness (QED) is 0.684. The minimum Gasteiger partial charge on any atom is -0.324 e. The van der Waals surface area contributed by atoms with Crippen molar-refractivity contribution in [2.45, 2.75) is 13.5 Å². The van der Waals surface area contributed by atoms with Crippen molar-refractivity contribution in [3.05, 3.63) is 57.2 Å². The van der Waals surface area contributed by atoms with Gasteiger partial charge in [-0.05, 0) is 25.1 Å². The van der Waals surface area contributed by atoms with E-state index in [9.17, 15) is 4.39 Å². The van der Waals surface area contributed by atoms with Gasteiger partial charge in [-0.1, -0.05) is 23.2 Å². The molecule has 0 amide bonds. The van der Waals surface area contributed by atoms with E-state index < -0.39 is 5.82 Å². The van der Waals surface area contributed by atoms with Gasteiger partial charge in [0, 0.05) is 12.4 Å². The van der Waals surface area contributed by atoms with Crippen molar-refractivity contribution in [3.8, 4) is 10.7 Å². The Hall–Kier alpha value is -1.43. The Bertz CT molecular complexity index is 797. The van der Waals surface area contributed by atoms with Crippen LogP contribution in [-0.4, -0.2) is 14.5 Å². The molecule has 3 heterocycles. The van der Waals surface area contributed by atoms with Gasteiger partial charge < -0.3 is 4.57 Å². The third-order valence-electron chi connectivity index (χ3n) is 2.89. The number of hydrogen-bond donors (Lipinski definition) is 0. The standard InChI is InChI=1S/C14H10Cl2FN3S/c1-8-6-20(7-11-10(17)4-9(15)5-18-11)14(19-8)12-2-3-13(16)21-12/h2-6H,7H2,1H3. The Labute approximate surface area is 135 Å². The van der Waals surface area contributed by atoms with E-state index >= 15 is 0 Å². The Kier molecular flexibility index (Phi) is 3.97. The predicted molar refractivity (Wildman–Crippen MR) is 83.6 cm³/mol. The molecule has 0 N–H and O–H groups in total. The van der Waals surface area contributed by atoms with Gasteiger partial charge in [0.05, 0.1) is 32.2 Å². The maximum atomic E-state index is 13.9. The van der Waals surface area contributed by atoms with Crippen molar-refractivity contribution >= 4 is 34.5 Å². The fourth-order valence-corrected chi connectivity index (χ4v) is 3.21. The van der Waals surface area contributed by atoms with Crippen LogP contribution in [0.1, 0.15) is 11.4 Å². The maximum absolute atomic E-state index is 13.9. The lowest BCUT2D eigenvalue weighted by Crippen LogP contribution is -2.04. The van der Waals surface area contributed by atoms with E-state index in [-0.39, 0.29) is 11.6 Å². The topological polar surface area (TPSA) is 30.7 Å². The molecule has 0 aromatic carbocycles. The molecule has 3 nitrogen and oxygen atoms in total. The molecule has 3 aromatic heterocycles. The summed E-state index contributed by atoms with van der Waals surface area (Å²) in [5.74, 6) is 0.324. The van der Waals surface area contributed by atoms with Crippen LogP contribution >= 0.6 is 34.5 Å². The van der Waals surface area contributed by atoms with Gasteiger partial charge in [0.2, 0.25) is 0 Å². The molecule has 0 saturated heterocycles. The van der Waals surface area contributed by atoms with E-state index in [4.69, 9.17) is 23.2 Å². The molecule has 0 atom stereocenters. The van der Waals surface area contributed by atoms with Crippen molar-refractivity contribution < 1.29 is 4.39 Å². The summed E-state index contributed by atoms with van der Waals surface area (Å²) in [6.45, 7) is 2.18. The largest absolute Gasteiger partial charge is 0.324 e. The minimum absolute atomic E-state index is 0.281. The summed E-state index contributed by atoms with van der Waals surface area (Å²) in [7, 11) is 0. The van der Waals surface area contributed by atoms with Crippen LogP contribution < -0.4 is 0 Å². The van der Waals surface area contributed by atoms with E-state index in [0.29, 0.717) is 10.0 Å². The highest BCUT2D eigenvalue weighted by Gasteiger charge is 2.13. The van der Waals surface area contributed by atoms with E-state index in [0.717, 1.165) is 16.4 Å². The second-order valence-corrected chi connectivity index (χ2v) is 6.67. The van der Waals surface area contributed by atoms with Gasteiger partial charge in [-0.25, -0.2) is 9.37 Å². The molecule has 0 aliphatic carbocycles. The molecule has 0 radical (unpaired) electrons. The zero-order chi connectivity index (χ0) is 15.0. The maximum Gasteiger partial charge on any atom is 0.150 e. The van der Waals surface area contributed by atoms with E-state index in [1.807, 2.05) is 29.8 Å². The third kappa shape index (κ3) is 3.10. The summed E-state index contributed by atoms with van der Waals surface area (Å²) in [6.07, 6.45) is 3.30. The van der Waals surface area contributed by atoms with Crippen LogP contribution in [0.5, 0.6) is 0 Å². The number of rotatable bonds is 3. The molecule has 0 fully saturated rings. The average Bonchev–Trinajstić information content (AvgIpc) is 2.99. The lowest BCUT2D eigenvalue weighted by atomic mass is 10.3. The van der Waals surface area contributed by atoms with Crippen LogP contribution in [0.3, 0.4) is 0 Å². The number of halogens is 3. The first-order chi connectivity index (χ1) is 10.0. The van der Waals surface area contributed by atoms with E-state index in [2.05, 4.69) is 9.97 Å². The highest BCUT2D eigenvalue weighted by Crippen LogP contribution is 2.30. The molecule has 0 saturated carbocycles. The smallest absolute Gasteiger partial charge is 0.150 e. The second-order valence-electron chi connectivity index (χ2n) is 4.52. The van der Waals surface area contributed by atoms with Crippen molar-refractivity contribution in [2.24, 2.45) is 0 Å². The van der Waals surface area contributed by atoms with Gasteiger partial charge in [0.25, 0.3) is 0 Å². The Morgan fingerprint density at radius 2 is 2.14 bits per heavy atom. The predicted octanol–water partition coefficient (Wildman–Crippen LogP) is 4.81. The summed E-state index contributed by atoms with van der Waals surface area (Å²) in [5, 5.41) is 0.281. The molecule has 3 aromatic rings. The molecule has 0 aliphatic heterocycles. The average molecular weight is 342 g/mol. The molecule has 7 heteroatoms. The number of hydrogen-bond acceptors (Lipinski definition) is 3. The van der Waals surface area contributed by atoms with Gasteiger partial charge in [0.1, 0.15) is 5.82 Å². The van der Waals surface area contributed by atoms with Crippen LogP contribution in [0, 0.1) is 12.7 Å². The van der Waals surface area contributed by atoms with Crippen molar-refractivity contribution in [2.75, 3.05) is 0 Å². The molecular weight excluding hydrogens is 332 g/mol. The van der Waals surface area contributed by atoms with Gasteiger partial charge in [-0.15, -0.1) is 11.3 Å². The first kappa shape index (κ1) is 14.5. The second kappa shape index (κ2) is 5.75. The van der Waals surface area contributed by atoms with Crippen LogP contribution in [0.25, 0.3) is 10.7 Å². The highest BCUT2D eigenvalue weighted by atomic mass is 35.5. The normalized spacial score (nSPS) is 11.0. The Morgan fingerprint density at radius 3 is 2.81 bits per heavy atom. The molecule has 0 unspecified atom stereocenters. The summed E-state index contributed by atoms with van der Waals surface area (Å²) >= 11 is 13.1. The van der Waals surface area contributed by atoms with Crippen LogP contribution in [0.2, 0.25) is 9.36 Å². The summed E-state index contributed by atoms with van der Waals surface area (Å²) in [6, 6.07) is 4.98. The van der Waals surface area contributed by atoms with Crippen molar-refractivity contribution in [1.29, 1.82) is 0 Å². The van der Waals surface area contributed by atoms with E-state index in [1.54, 1.807) is 0 Å². The molecule has 108 valence electrons. The van der Waals surface area contributed by atoms with Gasteiger partial charge in [-0.3, -0.25) is 4.98 Å². The Morgan fingerprint density at radius 1 is 1.33 bits per heavy atom. The van der Waals surface area contributed by atoms with E-state index in [1.165, 1.54) is 23.6 Å². The number of nitrogens with zero attached hydrogens (tertiary/aromatic N) is 3. The van der Waals surface area contributed by atoms with Crippen LogP contribution in [0.15, 0.2) is 30.6 Å². The first-order valence-corrected chi connectivity index (χ1v) is 7.69. The van der Waals surface area contributed by atoms with Crippen LogP contribution in [-0.2, 0) is 6.54 Å². The Balaban J connectivity index is 1.99. The number of aryl methyl sites for hydroxylation is 1. The van der Waals surface area contributed by atoms with Gasteiger partial charge in [0.15, 0.2) is 5.82 Å². The lowest BCUT2D eigenvalue weighted by molar-refractivity contribution is 0.587. The van der Waals surface area contributed by atoms with Gasteiger partial charge in [-0.2, -0.15) is 0 Å². The molecule has 0 bridgehead atoms. The molecule has 0 spiro atoms. The number of imidazole rings is 1. The fraction of sp³-hybridized carbons (Fsp3) is 0.143. The van der Waals surface area contributed by atoms with Crippen molar-refractivity contribution in [1.82, 2.24) is 14.5 Å². The SMILES string of the molecule is Cc1cn(Cc2ncc(Cl)cc2F)c(-c2ccc(Cl)s2)n1. The summed E-state index contributed by atoms with van der Waals surface area (Å²) in [5.41, 5.74) is 1.17. The summed E-state index contributed by atoms with van der Waals surface area (Å²) in [4.78, 5) is 9.45. The third-order valence-corrected chi connectivity index (χ3v) is 4.33. The minimum atomic E-state index is -0.427. The summed E-state index contributed by atoms with van der Waals surface area (Å²) < 4.78 is 16.4. The zero-order valence-electron chi connectivity index (χ0n) is 11.0. The monoisotopic (exact) mass is 341 g/mol. The lowest BCUT2D eigenvalue weighted by Gasteiger charge is -2.07. The van der Waals surface area contributed by atoms with Gasteiger partial charge >= 0.3 is 0 Å².